The molecular weight excluding hydrogens is 541 g/mol. The molecule has 1 aliphatic carbocycles. The summed E-state index contributed by atoms with van der Waals surface area (Å²) in [6.07, 6.45) is -4.10. The maximum atomic E-state index is 13.6. The molecule has 41 heavy (non-hydrogen) atoms. The zero-order valence-corrected chi connectivity index (χ0v) is 24.7. The Balaban J connectivity index is 2.34. The van der Waals surface area contributed by atoms with E-state index in [1.165, 1.54) is 32.7 Å². The van der Waals surface area contributed by atoms with Crippen LogP contribution in [-0.4, -0.2) is 81.0 Å². The van der Waals surface area contributed by atoms with E-state index in [0.29, 0.717) is 24.2 Å². The number of hydrogen-bond donors (Lipinski definition) is 2. The molecular formula is C28H39F3N6O4. The lowest BCUT2D eigenvalue weighted by Crippen LogP contribution is -2.61. The van der Waals surface area contributed by atoms with E-state index in [9.17, 15) is 37.6 Å². The summed E-state index contributed by atoms with van der Waals surface area (Å²) in [6.45, 7) is 8.08. The third-order valence-electron chi connectivity index (χ3n) is 7.30. The van der Waals surface area contributed by atoms with Crippen molar-refractivity contribution < 1.29 is 32.3 Å². The molecule has 0 saturated heterocycles. The normalized spacial score (nSPS) is 18.1. The first-order valence-corrected chi connectivity index (χ1v) is 13.1. The van der Waals surface area contributed by atoms with Gasteiger partial charge in [-0.05, 0) is 35.3 Å². The SMILES string of the molecule is CN(C)c1ccccc1N(C=O)CC(C#N)NC(=O)[C@H]([C@H]1CC1(C)C)N(C)C(=O)[C@@H](NC(=O)C(F)(F)F)C(C)(C)C. The Morgan fingerprint density at radius 3 is 2.05 bits per heavy atom. The van der Waals surface area contributed by atoms with Gasteiger partial charge >= 0.3 is 12.1 Å². The molecule has 2 rings (SSSR count). The number of likely N-dealkylation sites (N-methyl/N-ethyl adjacent to an activating group) is 1. The van der Waals surface area contributed by atoms with Crippen molar-refractivity contribution in [1.82, 2.24) is 15.5 Å². The molecule has 10 nitrogen and oxygen atoms in total. The predicted molar refractivity (Wildman–Crippen MR) is 148 cm³/mol. The molecule has 1 saturated carbocycles. The van der Waals surface area contributed by atoms with Crippen LogP contribution in [0.5, 0.6) is 0 Å². The van der Waals surface area contributed by atoms with Gasteiger partial charge in [0.2, 0.25) is 18.2 Å². The molecule has 0 bridgehead atoms. The number of halogens is 3. The monoisotopic (exact) mass is 580 g/mol. The van der Waals surface area contributed by atoms with Crippen LogP contribution in [0.1, 0.15) is 41.0 Å². The van der Waals surface area contributed by atoms with Gasteiger partial charge in [0.1, 0.15) is 18.1 Å². The standard InChI is InChI=1S/C28H39F3N6O4/c1-26(2,3)22(34-25(41)28(29,30)31)24(40)36(8)21(18-13-27(18,4)5)23(39)33-17(14-32)15-37(16-38)20-12-10-9-11-19(20)35(6)7/h9-12,16-18,21-22H,13,15H2,1-8H3,(H,33,39)(H,34,41)/t17?,18-,21+,22-/m1/s1. The van der Waals surface area contributed by atoms with E-state index in [-0.39, 0.29) is 17.9 Å². The Hall–Kier alpha value is -3.82. The van der Waals surface area contributed by atoms with E-state index in [1.54, 1.807) is 48.6 Å². The van der Waals surface area contributed by atoms with E-state index in [1.807, 2.05) is 19.9 Å². The maximum Gasteiger partial charge on any atom is 0.471 e. The van der Waals surface area contributed by atoms with E-state index in [2.05, 4.69) is 5.32 Å². The summed E-state index contributed by atoms with van der Waals surface area (Å²) in [5, 5.41) is 14.2. The number of nitrogens with zero attached hydrogens (tertiary/aromatic N) is 4. The number of anilines is 2. The average molecular weight is 581 g/mol. The predicted octanol–water partition coefficient (Wildman–Crippen LogP) is 2.69. The lowest BCUT2D eigenvalue weighted by Gasteiger charge is -2.37. The van der Waals surface area contributed by atoms with Crippen molar-refractivity contribution in [2.45, 2.75) is 65.3 Å². The van der Waals surface area contributed by atoms with Crippen LogP contribution in [-0.2, 0) is 19.2 Å². The van der Waals surface area contributed by atoms with E-state index in [4.69, 9.17) is 0 Å². The Labute approximate surface area is 238 Å². The van der Waals surface area contributed by atoms with Crippen LogP contribution >= 0.6 is 0 Å². The molecule has 1 aromatic carbocycles. The minimum absolute atomic E-state index is 0.193. The Bertz CT molecular complexity index is 1190. The van der Waals surface area contributed by atoms with Gasteiger partial charge in [-0.1, -0.05) is 46.8 Å². The molecule has 226 valence electrons. The first kappa shape index (κ1) is 33.4. The zero-order valence-electron chi connectivity index (χ0n) is 24.7. The Morgan fingerprint density at radius 2 is 1.63 bits per heavy atom. The average Bonchev–Trinajstić information content (AvgIpc) is 3.49. The van der Waals surface area contributed by atoms with Gasteiger partial charge in [0, 0.05) is 21.1 Å². The molecule has 1 aliphatic rings. The Kier molecular flexibility index (Phi) is 10.1. The maximum absolute atomic E-state index is 13.6. The minimum atomic E-state index is -5.20. The molecule has 0 spiro atoms. The third kappa shape index (κ3) is 8.11. The molecule has 4 amide bonds. The van der Waals surface area contributed by atoms with Crippen LogP contribution in [0.4, 0.5) is 24.5 Å². The number of para-hydroxylation sites is 2. The Morgan fingerprint density at radius 1 is 1.10 bits per heavy atom. The van der Waals surface area contributed by atoms with Gasteiger partial charge in [-0.25, -0.2) is 0 Å². The fourth-order valence-electron chi connectivity index (χ4n) is 4.73. The highest BCUT2D eigenvalue weighted by molar-refractivity contribution is 5.94. The number of benzene rings is 1. The van der Waals surface area contributed by atoms with Crippen molar-refractivity contribution in [3.8, 4) is 6.07 Å². The fourth-order valence-corrected chi connectivity index (χ4v) is 4.73. The van der Waals surface area contributed by atoms with Crippen molar-refractivity contribution >= 4 is 35.5 Å². The summed E-state index contributed by atoms with van der Waals surface area (Å²) in [5.41, 5.74) is -0.251. The summed E-state index contributed by atoms with van der Waals surface area (Å²) < 4.78 is 39.1. The summed E-state index contributed by atoms with van der Waals surface area (Å²) >= 11 is 0. The van der Waals surface area contributed by atoms with Gasteiger partial charge in [-0.3, -0.25) is 19.2 Å². The summed E-state index contributed by atoms with van der Waals surface area (Å²) in [7, 11) is 4.89. The molecule has 1 aromatic rings. The van der Waals surface area contributed by atoms with Gasteiger partial charge in [0.15, 0.2) is 0 Å². The van der Waals surface area contributed by atoms with Crippen LogP contribution in [0.2, 0.25) is 0 Å². The second-order valence-electron chi connectivity index (χ2n) is 12.3. The number of rotatable bonds is 11. The molecule has 2 N–H and O–H groups in total. The minimum Gasteiger partial charge on any atom is -0.376 e. The number of carbonyl (C=O) groups is 4. The topological polar surface area (TPSA) is 126 Å². The van der Waals surface area contributed by atoms with Gasteiger partial charge < -0.3 is 25.3 Å². The largest absolute Gasteiger partial charge is 0.471 e. The summed E-state index contributed by atoms with van der Waals surface area (Å²) in [4.78, 5) is 55.0. The number of nitriles is 1. The van der Waals surface area contributed by atoms with Crippen molar-refractivity contribution in [2.24, 2.45) is 16.7 Å². The second kappa shape index (κ2) is 12.4. The number of carbonyl (C=O) groups excluding carboxylic acids is 4. The van der Waals surface area contributed by atoms with Crippen molar-refractivity contribution in [3.05, 3.63) is 24.3 Å². The molecule has 1 unspecified atom stereocenters. The van der Waals surface area contributed by atoms with Crippen molar-refractivity contribution in [3.63, 3.8) is 0 Å². The molecule has 4 atom stereocenters. The molecule has 0 aliphatic heterocycles. The highest BCUT2D eigenvalue weighted by atomic mass is 19.4. The van der Waals surface area contributed by atoms with Crippen LogP contribution in [0.3, 0.4) is 0 Å². The van der Waals surface area contributed by atoms with Crippen LogP contribution in [0.15, 0.2) is 24.3 Å². The summed E-state index contributed by atoms with van der Waals surface area (Å²) in [5.74, 6) is -4.18. The zero-order chi connectivity index (χ0) is 31.5. The first-order valence-electron chi connectivity index (χ1n) is 13.1. The van der Waals surface area contributed by atoms with Crippen LogP contribution in [0.25, 0.3) is 0 Å². The summed E-state index contributed by atoms with van der Waals surface area (Å²) in [6, 6.07) is 5.10. The van der Waals surface area contributed by atoms with Gasteiger partial charge in [-0.15, -0.1) is 0 Å². The van der Waals surface area contributed by atoms with E-state index >= 15 is 0 Å². The molecule has 1 fully saturated rings. The lowest BCUT2D eigenvalue weighted by atomic mass is 9.85. The third-order valence-corrected chi connectivity index (χ3v) is 7.30. The quantitative estimate of drug-likeness (QED) is 0.388. The van der Waals surface area contributed by atoms with Gasteiger partial charge in [-0.2, -0.15) is 18.4 Å². The smallest absolute Gasteiger partial charge is 0.376 e. The highest BCUT2D eigenvalue weighted by Gasteiger charge is 2.56. The molecule has 13 heteroatoms. The highest BCUT2D eigenvalue weighted by Crippen LogP contribution is 2.54. The van der Waals surface area contributed by atoms with E-state index < -0.39 is 47.4 Å². The lowest BCUT2D eigenvalue weighted by molar-refractivity contribution is -0.176. The molecule has 0 heterocycles. The van der Waals surface area contributed by atoms with Crippen LogP contribution in [0, 0.1) is 28.1 Å². The number of amides is 4. The number of alkyl halides is 3. The van der Waals surface area contributed by atoms with Crippen molar-refractivity contribution in [2.75, 3.05) is 37.5 Å². The number of nitrogens with one attached hydrogen (secondary N) is 2. The van der Waals surface area contributed by atoms with E-state index in [0.717, 1.165) is 4.90 Å². The van der Waals surface area contributed by atoms with Gasteiger partial charge in [0.25, 0.3) is 0 Å². The first-order chi connectivity index (χ1) is 18.8. The van der Waals surface area contributed by atoms with Crippen molar-refractivity contribution in [1.29, 1.82) is 5.26 Å². The number of hydrogen-bond acceptors (Lipinski definition) is 6. The molecule has 0 radical (unpaired) electrons. The molecule has 0 aromatic heterocycles. The van der Waals surface area contributed by atoms with Gasteiger partial charge in [0.05, 0.1) is 24.0 Å². The fraction of sp³-hybridized carbons (Fsp3) is 0.607. The van der Waals surface area contributed by atoms with Crippen LogP contribution < -0.4 is 20.4 Å². The second-order valence-corrected chi connectivity index (χ2v) is 12.3.